The number of nitrogens with zero attached hydrogens (tertiary/aromatic N) is 3. The number of pyridine rings is 1. The lowest BCUT2D eigenvalue weighted by Crippen LogP contribution is -2.09. The molecule has 5 heteroatoms. The fourth-order valence-electron chi connectivity index (χ4n) is 1.40. The Morgan fingerprint density at radius 2 is 2.00 bits per heavy atom. The smallest absolute Gasteiger partial charge is 0.148 e. The first-order valence-electron chi connectivity index (χ1n) is 5.59. The van der Waals surface area contributed by atoms with Gasteiger partial charge in [0.2, 0.25) is 0 Å². The van der Waals surface area contributed by atoms with Crippen molar-refractivity contribution in [1.29, 1.82) is 0 Å². The predicted octanol–water partition coefficient (Wildman–Crippen LogP) is 1.30. The molecule has 0 aliphatic heterocycles. The molecule has 0 aromatic carbocycles. The zero-order chi connectivity index (χ0) is 11.9. The molecular weight excluding hydrogens is 214 g/mol. The van der Waals surface area contributed by atoms with E-state index in [2.05, 4.69) is 20.5 Å². The zero-order valence-electron chi connectivity index (χ0n) is 9.50. The molecule has 5 nitrogen and oxygen atoms in total. The van der Waals surface area contributed by atoms with E-state index in [1.54, 1.807) is 6.20 Å². The third kappa shape index (κ3) is 3.22. The van der Waals surface area contributed by atoms with Crippen LogP contribution in [0.25, 0.3) is 11.4 Å². The lowest BCUT2D eigenvalue weighted by Gasteiger charge is -2.04. The second-order valence-corrected chi connectivity index (χ2v) is 3.59. The fourth-order valence-corrected chi connectivity index (χ4v) is 1.40. The highest BCUT2D eigenvalue weighted by Gasteiger charge is 2.00. The Kier molecular flexibility index (Phi) is 3.99. The van der Waals surface area contributed by atoms with Crippen LogP contribution in [0.1, 0.15) is 6.42 Å². The molecule has 0 amide bonds. The Morgan fingerprint density at radius 3 is 2.65 bits per heavy atom. The van der Waals surface area contributed by atoms with Crippen molar-refractivity contribution < 1.29 is 0 Å². The van der Waals surface area contributed by atoms with Crippen molar-refractivity contribution in [2.75, 3.05) is 18.4 Å². The van der Waals surface area contributed by atoms with Crippen LogP contribution in [0.15, 0.2) is 36.5 Å². The second kappa shape index (κ2) is 5.91. The lowest BCUT2D eigenvalue weighted by molar-refractivity contribution is 0.864. The first kappa shape index (κ1) is 11.5. The van der Waals surface area contributed by atoms with Crippen LogP contribution >= 0.6 is 0 Å². The van der Waals surface area contributed by atoms with Crippen molar-refractivity contribution in [3.63, 3.8) is 0 Å². The minimum Gasteiger partial charge on any atom is -0.369 e. The van der Waals surface area contributed by atoms with Gasteiger partial charge in [-0.2, -0.15) is 0 Å². The summed E-state index contributed by atoms with van der Waals surface area (Å²) in [5, 5.41) is 11.4. The van der Waals surface area contributed by atoms with E-state index in [9.17, 15) is 0 Å². The molecule has 0 spiro atoms. The van der Waals surface area contributed by atoms with Gasteiger partial charge in [0, 0.05) is 12.7 Å². The standard InChI is InChI=1S/C12H15N5/c13-7-3-9-15-12-6-5-11(16-17-12)10-4-1-2-8-14-10/h1-2,4-6,8H,3,7,9,13H2,(H,15,17). The highest BCUT2D eigenvalue weighted by molar-refractivity contribution is 5.54. The van der Waals surface area contributed by atoms with Crippen molar-refractivity contribution in [1.82, 2.24) is 15.2 Å². The van der Waals surface area contributed by atoms with E-state index < -0.39 is 0 Å². The number of nitrogens with two attached hydrogens (primary N) is 1. The average Bonchev–Trinajstić information content (AvgIpc) is 2.41. The van der Waals surface area contributed by atoms with E-state index >= 15 is 0 Å². The van der Waals surface area contributed by atoms with Crippen LogP contribution in [-0.4, -0.2) is 28.3 Å². The molecule has 2 heterocycles. The molecule has 88 valence electrons. The Morgan fingerprint density at radius 1 is 1.06 bits per heavy atom. The third-order valence-corrected chi connectivity index (χ3v) is 2.28. The second-order valence-electron chi connectivity index (χ2n) is 3.59. The quantitative estimate of drug-likeness (QED) is 0.756. The first-order chi connectivity index (χ1) is 8.40. The normalized spacial score (nSPS) is 10.2. The molecule has 2 rings (SSSR count). The Balaban J connectivity index is 2.03. The SMILES string of the molecule is NCCCNc1ccc(-c2ccccn2)nn1. The van der Waals surface area contributed by atoms with Gasteiger partial charge in [0.25, 0.3) is 0 Å². The topological polar surface area (TPSA) is 76.7 Å². The van der Waals surface area contributed by atoms with Gasteiger partial charge in [-0.1, -0.05) is 6.07 Å². The first-order valence-corrected chi connectivity index (χ1v) is 5.59. The number of anilines is 1. The van der Waals surface area contributed by atoms with Crippen molar-refractivity contribution in [3.05, 3.63) is 36.5 Å². The van der Waals surface area contributed by atoms with Crippen molar-refractivity contribution in [2.24, 2.45) is 5.73 Å². The summed E-state index contributed by atoms with van der Waals surface area (Å²) >= 11 is 0. The average molecular weight is 229 g/mol. The van der Waals surface area contributed by atoms with Gasteiger partial charge in [-0.25, -0.2) is 0 Å². The van der Waals surface area contributed by atoms with Gasteiger partial charge in [0.1, 0.15) is 11.5 Å². The predicted molar refractivity (Wildman–Crippen MR) is 67.4 cm³/mol. The lowest BCUT2D eigenvalue weighted by atomic mass is 10.2. The maximum Gasteiger partial charge on any atom is 0.148 e. The van der Waals surface area contributed by atoms with E-state index in [0.29, 0.717) is 6.54 Å². The van der Waals surface area contributed by atoms with E-state index in [-0.39, 0.29) is 0 Å². The van der Waals surface area contributed by atoms with Gasteiger partial charge in [-0.15, -0.1) is 10.2 Å². The maximum atomic E-state index is 5.41. The van der Waals surface area contributed by atoms with Crippen LogP contribution in [0, 0.1) is 0 Å². The van der Waals surface area contributed by atoms with Gasteiger partial charge >= 0.3 is 0 Å². The van der Waals surface area contributed by atoms with Gasteiger partial charge in [0.15, 0.2) is 0 Å². The van der Waals surface area contributed by atoms with Crippen LogP contribution in [0.5, 0.6) is 0 Å². The summed E-state index contributed by atoms with van der Waals surface area (Å²) in [4.78, 5) is 4.21. The molecule has 2 aromatic rings. The summed E-state index contributed by atoms with van der Waals surface area (Å²) in [6.07, 6.45) is 2.66. The molecule has 17 heavy (non-hydrogen) atoms. The Bertz CT molecular complexity index is 440. The maximum absolute atomic E-state index is 5.41. The van der Waals surface area contributed by atoms with E-state index in [0.717, 1.165) is 30.2 Å². The molecule has 0 saturated heterocycles. The van der Waals surface area contributed by atoms with Crippen molar-refractivity contribution in [3.8, 4) is 11.4 Å². The number of rotatable bonds is 5. The summed E-state index contributed by atoms with van der Waals surface area (Å²) in [6.45, 7) is 1.49. The number of aromatic nitrogens is 3. The number of nitrogens with one attached hydrogen (secondary N) is 1. The minimum atomic E-state index is 0.673. The third-order valence-electron chi connectivity index (χ3n) is 2.28. The summed E-state index contributed by atoms with van der Waals surface area (Å²) in [6, 6.07) is 9.51. The van der Waals surface area contributed by atoms with Gasteiger partial charge in [-0.3, -0.25) is 4.98 Å². The molecule has 0 fully saturated rings. The van der Waals surface area contributed by atoms with Crippen LogP contribution in [0.2, 0.25) is 0 Å². The highest BCUT2D eigenvalue weighted by atomic mass is 15.2. The molecule has 0 unspecified atom stereocenters. The molecule has 2 aromatic heterocycles. The van der Waals surface area contributed by atoms with E-state index in [1.165, 1.54) is 0 Å². The van der Waals surface area contributed by atoms with Crippen molar-refractivity contribution >= 4 is 5.82 Å². The molecule has 0 radical (unpaired) electrons. The van der Waals surface area contributed by atoms with Crippen LogP contribution in [-0.2, 0) is 0 Å². The van der Waals surface area contributed by atoms with E-state index in [4.69, 9.17) is 5.73 Å². The molecule has 0 aliphatic rings. The summed E-state index contributed by atoms with van der Waals surface area (Å²) in [5.41, 5.74) is 7.01. The largest absolute Gasteiger partial charge is 0.369 e. The van der Waals surface area contributed by atoms with Gasteiger partial charge in [0.05, 0.1) is 5.69 Å². The monoisotopic (exact) mass is 229 g/mol. The zero-order valence-corrected chi connectivity index (χ0v) is 9.50. The van der Waals surface area contributed by atoms with Gasteiger partial charge < -0.3 is 11.1 Å². The molecule has 0 aliphatic carbocycles. The number of hydrogen-bond donors (Lipinski definition) is 2. The van der Waals surface area contributed by atoms with Crippen LogP contribution in [0.4, 0.5) is 5.82 Å². The Labute approximate surface area is 100 Å². The Hall–Kier alpha value is -2.01. The summed E-state index contributed by atoms with van der Waals surface area (Å²) in [7, 11) is 0. The summed E-state index contributed by atoms with van der Waals surface area (Å²) in [5.74, 6) is 0.762. The molecule has 0 saturated carbocycles. The van der Waals surface area contributed by atoms with Crippen LogP contribution < -0.4 is 11.1 Å². The fraction of sp³-hybridized carbons (Fsp3) is 0.250. The van der Waals surface area contributed by atoms with Crippen molar-refractivity contribution in [2.45, 2.75) is 6.42 Å². The summed E-state index contributed by atoms with van der Waals surface area (Å²) < 4.78 is 0. The van der Waals surface area contributed by atoms with E-state index in [1.807, 2.05) is 30.3 Å². The number of hydrogen-bond acceptors (Lipinski definition) is 5. The van der Waals surface area contributed by atoms with Gasteiger partial charge in [-0.05, 0) is 37.2 Å². The molecule has 0 bridgehead atoms. The van der Waals surface area contributed by atoms with Crippen LogP contribution in [0.3, 0.4) is 0 Å². The molecule has 0 atom stereocenters. The molecule has 3 N–H and O–H groups in total. The minimum absolute atomic E-state index is 0.673. The molecular formula is C12H15N5. The highest BCUT2D eigenvalue weighted by Crippen LogP contribution is 2.13.